The molecule has 1 rings (SSSR count). The summed E-state index contributed by atoms with van der Waals surface area (Å²) in [6, 6.07) is 4.10. The zero-order valence-corrected chi connectivity index (χ0v) is 7.96. The first-order valence-corrected chi connectivity index (χ1v) is 3.78. The van der Waals surface area contributed by atoms with Crippen molar-refractivity contribution in [1.29, 1.82) is 0 Å². The van der Waals surface area contributed by atoms with Crippen LogP contribution < -0.4 is 7.80 Å². The van der Waals surface area contributed by atoms with Crippen LogP contribution in [-0.2, 0) is 0 Å². The fourth-order valence-electron chi connectivity index (χ4n) is 0.705. The number of hydrogen-bond acceptors (Lipinski definition) is 2. The van der Waals surface area contributed by atoms with Gasteiger partial charge in [-0.3, -0.25) is 0 Å². The standard InChI is InChI=1S/C7H6FIO2/c1-10-7-4-5(8)2-3-6(7)11-9/h2-4H,1H3. The van der Waals surface area contributed by atoms with Crippen molar-refractivity contribution >= 4 is 23.0 Å². The van der Waals surface area contributed by atoms with Gasteiger partial charge in [0.05, 0.1) is 7.11 Å². The minimum absolute atomic E-state index is 0.334. The van der Waals surface area contributed by atoms with E-state index in [2.05, 4.69) is 0 Å². The maximum absolute atomic E-state index is 12.5. The van der Waals surface area contributed by atoms with Crippen LogP contribution in [0.1, 0.15) is 0 Å². The van der Waals surface area contributed by atoms with E-state index in [4.69, 9.17) is 7.80 Å². The normalized spacial score (nSPS) is 9.36. The quantitative estimate of drug-likeness (QED) is 0.767. The van der Waals surface area contributed by atoms with Crippen LogP contribution in [0.4, 0.5) is 4.39 Å². The van der Waals surface area contributed by atoms with Gasteiger partial charge in [0.25, 0.3) is 0 Å². The molecule has 2 nitrogen and oxygen atoms in total. The lowest BCUT2D eigenvalue weighted by atomic mass is 10.3. The van der Waals surface area contributed by atoms with E-state index >= 15 is 0 Å². The molecule has 0 radical (unpaired) electrons. The summed E-state index contributed by atoms with van der Waals surface area (Å²) in [6.07, 6.45) is 0. The number of halogens is 2. The molecule has 0 saturated carbocycles. The molecule has 0 saturated heterocycles. The largest absolute Gasteiger partial charge is 0.493 e. The van der Waals surface area contributed by atoms with Crippen LogP contribution in [0.5, 0.6) is 11.5 Å². The van der Waals surface area contributed by atoms with E-state index in [-0.39, 0.29) is 5.82 Å². The summed E-state index contributed by atoms with van der Waals surface area (Å²) in [5, 5.41) is 0. The van der Waals surface area contributed by atoms with E-state index in [1.54, 1.807) is 23.0 Å². The van der Waals surface area contributed by atoms with Crippen molar-refractivity contribution in [3.8, 4) is 11.5 Å². The summed E-state index contributed by atoms with van der Waals surface area (Å²) in [4.78, 5) is 0. The Kier molecular flexibility index (Phi) is 2.92. The number of rotatable bonds is 2. The lowest BCUT2D eigenvalue weighted by Crippen LogP contribution is -1.87. The maximum atomic E-state index is 12.5. The summed E-state index contributed by atoms with van der Waals surface area (Å²) in [5.41, 5.74) is 0. The van der Waals surface area contributed by atoms with E-state index in [0.29, 0.717) is 11.5 Å². The Morgan fingerprint density at radius 2 is 2.09 bits per heavy atom. The second-order valence-corrected chi connectivity index (χ2v) is 2.31. The van der Waals surface area contributed by atoms with Crippen LogP contribution >= 0.6 is 23.0 Å². The molecule has 60 valence electrons. The first kappa shape index (κ1) is 8.58. The lowest BCUT2D eigenvalue weighted by molar-refractivity contribution is 0.399. The van der Waals surface area contributed by atoms with Crippen LogP contribution in [0.2, 0.25) is 0 Å². The SMILES string of the molecule is COc1cc(F)ccc1OI. The highest BCUT2D eigenvalue weighted by Gasteiger charge is 2.03. The fraction of sp³-hybridized carbons (Fsp3) is 0.143. The molecule has 0 fully saturated rings. The molecule has 0 aromatic heterocycles. The number of hydrogen-bond donors (Lipinski definition) is 0. The molecule has 0 bridgehead atoms. The maximum Gasteiger partial charge on any atom is 0.192 e. The first-order valence-electron chi connectivity index (χ1n) is 2.90. The Morgan fingerprint density at radius 3 is 2.64 bits per heavy atom. The summed E-state index contributed by atoms with van der Waals surface area (Å²) >= 11 is 1.71. The zero-order chi connectivity index (χ0) is 8.27. The molecule has 0 aliphatic rings. The molecular formula is C7H6FIO2. The molecule has 4 heteroatoms. The molecule has 0 amide bonds. The van der Waals surface area contributed by atoms with Gasteiger partial charge in [-0.15, -0.1) is 0 Å². The molecule has 0 heterocycles. The minimum Gasteiger partial charge on any atom is -0.493 e. The Balaban J connectivity index is 3.06. The van der Waals surface area contributed by atoms with Crippen molar-refractivity contribution in [2.45, 2.75) is 0 Å². The van der Waals surface area contributed by atoms with Gasteiger partial charge in [-0.25, -0.2) is 4.39 Å². The number of methoxy groups -OCH3 is 1. The van der Waals surface area contributed by atoms with Crippen LogP contribution in [0.15, 0.2) is 18.2 Å². The Morgan fingerprint density at radius 1 is 1.36 bits per heavy atom. The third-order valence-corrected chi connectivity index (χ3v) is 1.68. The van der Waals surface area contributed by atoms with Gasteiger partial charge in [0.1, 0.15) is 5.82 Å². The van der Waals surface area contributed by atoms with E-state index in [1.165, 1.54) is 25.3 Å². The molecule has 0 aliphatic carbocycles. The molecule has 0 N–H and O–H groups in total. The number of benzene rings is 1. The molecular weight excluding hydrogens is 262 g/mol. The topological polar surface area (TPSA) is 18.5 Å². The van der Waals surface area contributed by atoms with Crippen molar-refractivity contribution in [3.63, 3.8) is 0 Å². The Bertz CT molecular complexity index is 252. The van der Waals surface area contributed by atoms with Crippen molar-refractivity contribution in [2.75, 3.05) is 7.11 Å². The first-order chi connectivity index (χ1) is 5.27. The third kappa shape index (κ3) is 1.95. The van der Waals surface area contributed by atoms with Gasteiger partial charge in [-0.05, 0) is 12.1 Å². The van der Waals surface area contributed by atoms with Gasteiger partial charge >= 0.3 is 0 Å². The second kappa shape index (κ2) is 3.75. The van der Waals surface area contributed by atoms with Crippen LogP contribution in [0.3, 0.4) is 0 Å². The smallest absolute Gasteiger partial charge is 0.192 e. The van der Waals surface area contributed by atoms with Crippen LogP contribution in [-0.4, -0.2) is 7.11 Å². The molecule has 0 spiro atoms. The van der Waals surface area contributed by atoms with Gasteiger partial charge in [-0.2, -0.15) is 0 Å². The monoisotopic (exact) mass is 268 g/mol. The van der Waals surface area contributed by atoms with Crippen LogP contribution in [0.25, 0.3) is 0 Å². The van der Waals surface area contributed by atoms with Crippen molar-refractivity contribution in [2.24, 2.45) is 0 Å². The minimum atomic E-state index is -0.334. The summed E-state index contributed by atoms with van der Waals surface area (Å²) < 4.78 is 22.2. The summed E-state index contributed by atoms with van der Waals surface area (Å²) in [6.45, 7) is 0. The highest BCUT2D eigenvalue weighted by atomic mass is 127. The molecule has 0 atom stereocenters. The van der Waals surface area contributed by atoms with E-state index < -0.39 is 0 Å². The molecule has 11 heavy (non-hydrogen) atoms. The van der Waals surface area contributed by atoms with Crippen molar-refractivity contribution < 1.29 is 12.2 Å². The van der Waals surface area contributed by atoms with E-state index in [0.717, 1.165) is 0 Å². The predicted octanol–water partition coefficient (Wildman–Crippen LogP) is 2.56. The second-order valence-electron chi connectivity index (χ2n) is 1.87. The van der Waals surface area contributed by atoms with Gasteiger partial charge < -0.3 is 7.80 Å². The highest BCUT2D eigenvalue weighted by Crippen LogP contribution is 2.28. The van der Waals surface area contributed by atoms with E-state index in [1.807, 2.05) is 0 Å². The fourth-order valence-corrected chi connectivity index (χ4v) is 1.07. The lowest BCUT2D eigenvalue weighted by Gasteiger charge is -2.03. The predicted molar refractivity (Wildman–Crippen MR) is 47.6 cm³/mol. The molecule has 1 aromatic rings. The summed E-state index contributed by atoms with van der Waals surface area (Å²) in [5.74, 6) is 0.591. The van der Waals surface area contributed by atoms with Gasteiger partial charge in [-0.1, -0.05) is 0 Å². The van der Waals surface area contributed by atoms with Gasteiger partial charge in [0.2, 0.25) is 0 Å². The zero-order valence-electron chi connectivity index (χ0n) is 5.80. The molecule has 0 unspecified atom stereocenters. The van der Waals surface area contributed by atoms with Crippen LogP contribution in [0, 0.1) is 5.82 Å². The van der Waals surface area contributed by atoms with Crippen molar-refractivity contribution in [1.82, 2.24) is 0 Å². The van der Waals surface area contributed by atoms with Gasteiger partial charge in [0, 0.05) is 6.07 Å². The third-order valence-electron chi connectivity index (χ3n) is 1.21. The summed E-state index contributed by atoms with van der Waals surface area (Å²) in [7, 11) is 1.47. The van der Waals surface area contributed by atoms with Crippen molar-refractivity contribution in [3.05, 3.63) is 24.0 Å². The Labute approximate surface area is 78.0 Å². The molecule has 1 aromatic carbocycles. The van der Waals surface area contributed by atoms with E-state index in [9.17, 15) is 4.39 Å². The number of ether oxygens (including phenoxy) is 1. The average Bonchev–Trinajstić information content (AvgIpc) is 2.04. The highest BCUT2D eigenvalue weighted by molar-refractivity contribution is 14.1. The molecule has 0 aliphatic heterocycles. The Hall–Kier alpha value is -0.520. The average molecular weight is 268 g/mol. The van der Waals surface area contributed by atoms with Gasteiger partial charge in [0.15, 0.2) is 34.5 Å².